The highest BCUT2D eigenvalue weighted by Gasteiger charge is 2.51. The molecular formula is C16H24O4. The first-order valence-corrected chi connectivity index (χ1v) is 7.30. The Morgan fingerprint density at radius 3 is 2.90 bits per heavy atom. The third-order valence-electron chi connectivity index (χ3n) is 3.43. The predicted octanol–water partition coefficient (Wildman–Crippen LogP) is 3.02. The number of unbranched alkanes of at least 4 members (excludes halogenated alkanes) is 3. The highest BCUT2D eigenvalue weighted by atomic mass is 16.6. The van der Waals surface area contributed by atoms with Crippen LogP contribution in [0.2, 0.25) is 0 Å². The summed E-state index contributed by atoms with van der Waals surface area (Å²) in [5.41, 5.74) is 2.42. The van der Waals surface area contributed by atoms with E-state index in [4.69, 9.17) is 9.47 Å². The quantitative estimate of drug-likeness (QED) is 0.311. The van der Waals surface area contributed by atoms with E-state index in [1.165, 1.54) is 12.8 Å². The average molecular weight is 280 g/mol. The molecule has 0 aliphatic carbocycles. The lowest BCUT2D eigenvalue weighted by Gasteiger charge is -2.20. The largest absolute Gasteiger partial charge is 0.465 e. The number of ether oxygens (including phenoxy) is 2. The molecular weight excluding hydrogens is 256 g/mol. The maximum Gasteiger partial charge on any atom is 0.321 e. The van der Waals surface area contributed by atoms with Gasteiger partial charge in [-0.2, -0.15) is 0 Å². The topological polar surface area (TPSA) is 52.6 Å². The van der Waals surface area contributed by atoms with Crippen molar-refractivity contribution in [3.63, 3.8) is 0 Å². The minimum absolute atomic E-state index is 0.200. The first kappa shape index (κ1) is 16.5. The van der Waals surface area contributed by atoms with Crippen molar-refractivity contribution in [1.29, 1.82) is 0 Å². The van der Waals surface area contributed by atoms with Gasteiger partial charge in [-0.15, -0.1) is 5.73 Å². The second-order valence-corrected chi connectivity index (χ2v) is 5.31. The Labute approximate surface area is 120 Å². The molecule has 1 heterocycles. The highest BCUT2D eigenvalue weighted by Crippen LogP contribution is 2.37. The molecule has 112 valence electrons. The van der Waals surface area contributed by atoms with Crippen LogP contribution in [0.3, 0.4) is 0 Å². The molecule has 1 saturated heterocycles. The van der Waals surface area contributed by atoms with Crippen molar-refractivity contribution in [2.75, 3.05) is 13.2 Å². The van der Waals surface area contributed by atoms with Crippen LogP contribution in [0.25, 0.3) is 0 Å². The molecule has 20 heavy (non-hydrogen) atoms. The standard InChI is InChI=1S/C16H24O4/c1-4-6-7-8-9-10-11-16(3)12-20-15(18)13(16)14(17)19-5-2/h9,11,13H,4-8,12H2,1-3H3/t10?,13-,16-/m0/s1. The van der Waals surface area contributed by atoms with Crippen LogP contribution in [0.1, 0.15) is 46.5 Å². The van der Waals surface area contributed by atoms with Gasteiger partial charge in [0.2, 0.25) is 0 Å². The van der Waals surface area contributed by atoms with Gasteiger partial charge in [0.1, 0.15) is 6.61 Å². The zero-order valence-electron chi connectivity index (χ0n) is 12.6. The van der Waals surface area contributed by atoms with E-state index in [1.54, 1.807) is 13.0 Å². The predicted molar refractivity (Wildman–Crippen MR) is 76.0 cm³/mol. The van der Waals surface area contributed by atoms with E-state index in [0.29, 0.717) is 0 Å². The number of hydrogen-bond acceptors (Lipinski definition) is 4. The molecule has 0 aromatic heterocycles. The molecule has 1 rings (SSSR count). The van der Waals surface area contributed by atoms with Gasteiger partial charge < -0.3 is 9.47 Å². The van der Waals surface area contributed by atoms with Crippen molar-refractivity contribution in [2.45, 2.75) is 46.5 Å². The Morgan fingerprint density at radius 1 is 1.50 bits per heavy atom. The van der Waals surface area contributed by atoms with Gasteiger partial charge in [0.05, 0.1) is 12.0 Å². The molecule has 1 fully saturated rings. The number of esters is 2. The molecule has 0 amide bonds. The Balaban J connectivity index is 2.71. The van der Waals surface area contributed by atoms with Gasteiger partial charge >= 0.3 is 11.9 Å². The van der Waals surface area contributed by atoms with E-state index in [-0.39, 0.29) is 13.2 Å². The number of cyclic esters (lactones) is 1. The average Bonchev–Trinajstić information content (AvgIpc) is 2.70. The van der Waals surface area contributed by atoms with Gasteiger partial charge in [0, 0.05) is 0 Å². The van der Waals surface area contributed by atoms with Crippen molar-refractivity contribution in [3.05, 3.63) is 17.9 Å². The lowest BCUT2D eigenvalue weighted by Crippen LogP contribution is -2.34. The van der Waals surface area contributed by atoms with E-state index in [1.807, 2.05) is 13.0 Å². The zero-order valence-corrected chi connectivity index (χ0v) is 12.6. The Morgan fingerprint density at radius 2 is 2.25 bits per heavy atom. The van der Waals surface area contributed by atoms with Crippen LogP contribution >= 0.6 is 0 Å². The summed E-state index contributed by atoms with van der Waals surface area (Å²) >= 11 is 0. The van der Waals surface area contributed by atoms with Crippen molar-refractivity contribution in [3.8, 4) is 0 Å². The monoisotopic (exact) mass is 280 g/mol. The summed E-state index contributed by atoms with van der Waals surface area (Å²) in [6.07, 6.45) is 8.19. The minimum Gasteiger partial charge on any atom is -0.465 e. The normalized spacial score (nSPS) is 24.8. The summed E-state index contributed by atoms with van der Waals surface area (Å²) in [5.74, 6) is -1.89. The molecule has 2 atom stereocenters. The number of rotatable bonds is 7. The summed E-state index contributed by atoms with van der Waals surface area (Å²) in [7, 11) is 0. The van der Waals surface area contributed by atoms with E-state index < -0.39 is 23.3 Å². The first-order chi connectivity index (χ1) is 9.55. The van der Waals surface area contributed by atoms with Crippen molar-refractivity contribution >= 4 is 11.9 Å². The lowest BCUT2D eigenvalue weighted by molar-refractivity contribution is -0.157. The molecule has 0 N–H and O–H groups in total. The van der Waals surface area contributed by atoms with Crippen molar-refractivity contribution in [2.24, 2.45) is 11.3 Å². The maximum atomic E-state index is 11.9. The third-order valence-corrected chi connectivity index (χ3v) is 3.43. The second-order valence-electron chi connectivity index (χ2n) is 5.31. The minimum atomic E-state index is -0.876. The SMILES string of the molecule is CCCCCC=C=C[C@@]1(C)COC(=O)[C@@H]1C(=O)OCC. The molecule has 0 saturated carbocycles. The first-order valence-electron chi connectivity index (χ1n) is 7.30. The zero-order chi connectivity index (χ0) is 15.0. The fourth-order valence-electron chi connectivity index (χ4n) is 2.21. The smallest absolute Gasteiger partial charge is 0.321 e. The number of hydrogen-bond donors (Lipinski definition) is 0. The molecule has 0 bridgehead atoms. The molecule has 0 aromatic carbocycles. The molecule has 0 aromatic rings. The maximum absolute atomic E-state index is 11.9. The molecule has 1 aliphatic heterocycles. The van der Waals surface area contributed by atoms with Crippen LogP contribution in [-0.4, -0.2) is 25.2 Å². The summed E-state index contributed by atoms with van der Waals surface area (Å²) in [5, 5.41) is 0. The fourth-order valence-corrected chi connectivity index (χ4v) is 2.21. The molecule has 0 radical (unpaired) electrons. The highest BCUT2D eigenvalue weighted by molar-refractivity contribution is 5.97. The van der Waals surface area contributed by atoms with Gasteiger partial charge in [-0.25, -0.2) is 0 Å². The molecule has 0 spiro atoms. The van der Waals surface area contributed by atoms with Gasteiger partial charge in [-0.3, -0.25) is 9.59 Å². The lowest BCUT2D eigenvalue weighted by atomic mass is 9.79. The molecule has 4 heteroatoms. The van der Waals surface area contributed by atoms with Crippen LogP contribution in [0.15, 0.2) is 17.9 Å². The Kier molecular flexibility index (Phi) is 6.53. The summed E-state index contributed by atoms with van der Waals surface area (Å²) < 4.78 is 9.97. The Hall–Kier alpha value is -1.54. The van der Waals surface area contributed by atoms with E-state index >= 15 is 0 Å². The van der Waals surface area contributed by atoms with Crippen LogP contribution in [-0.2, 0) is 19.1 Å². The molecule has 4 nitrogen and oxygen atoms in total. The second kappa shape index (κ2) is 7.91. The fraction of sp³-hybridized carbons (Fsp3) is 0.688. The number of carbonyl (C=O) groups excluding carboxylic acids is 2. The van der Waals surface area contributed by atoms with E-state index in [9.17, 15) is 9.59 Å². The number of carbonyl (C=O) groups is 2. The van der Waals surface area contributed by atoms with Crippen molar-refractivity contribution in [1.82, 2.24) is 0 Å². The summed E-state index contributed by atoms with van der Waals surface area (Å²) in [4.78, 5) is 23.6. The van der Waals surface area contributed by atoms with Gasteiger partial charge in [-0.05, 0) is 31.9 Å². The van der Waals surface area contributed by atoms with Crippen molar-refractivity contribution < 1.29 is 19.1 Å². The summed E-state index contributed by atoms with van der Waals surface area (Å²) in [6.45, 7) is 6.16. The molecule has 0 unspecified atom stereocenters. The van der Waals surface area contributed by atoms with Crippen LogP contribution in [0.5, 0.6) is 0 Å². The van der Waals surface area contributed by atoms with Gasteiger partial charge in [-0.1, -0.05) is 26.7 Å². The summed E-state index contributed by atoms with van der Waals surface area (Å²) in [6, 6.07) is 0. The van der Waals surface area contributed by atoms with Crippen LogP contribution in [0, 0.1) is 11.3 Å². The molecule has 1 aliphatic rings. The Bertz CT molecular complexity index is 407. The van der Waals surface area contributed by atoms with Gasteiger partial charge in [0.15, 0.2) is 5.92 Å². The van der Waals surface area contributed by atoms with E-state index in [2.05, 4.69) is 12.7 Å². The van der Waals surface area contributed by atoms with Crippen LogP contribution in [0.4, 0.5) is 0 Å². The van der Waals surface area contributed by atoms with Crippen LogP contribution < -0.4 is 0 Å². The van der Waals surface area contributed by atoms with E-state index in [0.717, 1.165) is 12.8 Å². The van der Waals surface area contributed by atoms with Gasteiger partial charge in [0.25, 0.3) is 0 Å². The third kappa shape index (κ3) is 4.24.